The molecular formula is C19H22N4O2. The number of piperidine rings is 1. The van der Waals surface area contributed by atoms with E-state index in [1.165, 1.54) is 0 Å². The normalized spacial score (nSPS) is 23.1. The zero-order valence-electron chi connectivity index (χ0n) is 14.3. The molecule has 1 aromatic carbocycles. The number of aryl methyl sites for hydroxylation is 1. The second-order valence-corrected chi connectivity index (χ2v) is 6.85. The van der Waals surface area contributed by atoms with Crippen LogP contribution in [0.3, 0.4) is 0 Å². The van der Waals surface area contributed by atoms with Gasteiger partial charge < -0.3 is 14.8 Å². The molecule has 2 atom stereocenters. The van der Waals surface area contributed by atoms with Gasteiger partial charge >= 0.3 is 0 Å². The molecule has 3 heterocycles. The Morgan fingerprint density at radius 1 is 1.32 bits per heavy atom. The smallest absolute Gasteiger partial charge is 0.230 e. The lowest BCUT2D eigenvalue weighted by atomic mass is 9.88. The summed E-state index contributed by atoms with van der Waals surface area (Å²) in [4.78, 5) is 31.4. The van der Waals surface area contributed by atoms with E-state index in [4.69, 9.17) is 0 Å². The number of hydrogen-bond donors (Lipinski definition) is 1. The Hall–Kier alpha value is -2.63. The van der Waals surface area contributed by atoms with Crippen LogP contribution in [0.2, 0.25) is 0 Å². The van der Waals surface area contributed by atoms with Gasteiger partial charge in [0.25, 0.3) is 0 Å². The molecule has 1 fully saturated rings. The van der Waals surface area contributed by atoms with E-state index in [-0.39, 0.29) is 30.2 Å². The third kappa shape index (κ3) is 2.92. The molecule has 4 rings (SSSR count). The first-order valence-corrected chi connectivity index (χ1v) is 8.80. The maximum absolute atomic E-state index is 13.2. The number of aromatic nitrogens is 2. The van der Waals surface area contributed by atoms with Gasteiger partial charge in [0.2, 0.25) is 11.8 Å². The Labute approximate surface area is 146 Å². The first kappa shape index (κ1) is 15.9. The number of imidazole rings is 1. The van der Waals surface area contributed by atoms with Crippen molar-refractivity contribution in [2.45, 2.75) is 38.1 Å². The summed E-state index contributed by atoms with van der Waals surface area (Å²) < 4.78 is 2.15. The first-order valence-electron chi connectivity index (χ1n) is 8.80. The van der Waals surface area contributed by atoms with Crippen LogP contribution in [0.15, 0.2) is 36.7 Å². The monoisotopic (exact) mass is 338 g/mol. The van der Waals surface area contributed by atoms with Gasteiger partial charge in [0, 0.05) is 37.6 Å². The highest BCUT2D eigenvalue weighted by molar-refractivity contribution is 6.01. The molecule has 130 valence electrons. The minimum Gasteiger partial charge on any atom is -0.340 e. The van der Waals surface area contributed by atoms with Crippen LogP contribution in [0.1, 0.15) is 42.6 Å². The van der Waals surface area contributed by atoms with Crippen LogP contribution in [-0.4, -0.2) is 39.4 Å². The molecule has 2 aromatic rings. The number of fused-ring (bicyclic) bond motifs is 1. The molecular weight excluding hydrogens is 316 g/mol. The number of benzene rings is 1. The van der Waals surface area contributed by atoms with Crippen LogP contribution in [0.5, 0.6) is 0 Å². The van der Waals surface area contributed by atoms with Crippen LogP contribution in [0.4, 0.5) is 5.69 Å². The van der Waals surface area contributed by atoms with E-state index in [1.807, 2.05) is 42.3 Å². The topological polar surface area (TPSA) is 67.2 Å². The van der Waals surface area contributed by atoms with E-state index in [0.717, 1.165) is 36.5 Å². The minimum atomic E-state index is -0.382. The second kappa shape index (κ2) is 6.35. The standard InChI is InChI=1S/C19H22N4O2/c1-13-20-8-10-23(13)14-5-4-9-22(12-14)19(25)16-11-18(24)21-17-7-3-2-6-15(16)17/h2-3,6-8,10,14,16H,4-5,9,11-12H2,1H3,(H,21,24)/t14-,16+/m0/s1. The highest BCUT2D eigenvalue weighted by Gasteiger charge is 2.35. The number of para-hydroxylation sites is 1. The maximum atomic E-state index is 13.2. The van der Waals surface area contributed by atoms with Gasteiger partial charge in [-0.1, -0.05) is 18.2 Å². The van der Waals surface area contributed by atoms with Gasteiger partial charge in [-0.05, 0) is 31.4 Å². The van der Waals surface area contributed by atoms with E-state index in [1.54, 1.807) is 6.20 Å². The average molecular weight is 338 g/mol. The summed E-state index contributed by atoms with van der Waals surface area (Å²) in [5.74, 6) is 0.565. The molecule has 0 aliphatic carbocycles. The van der Waals surface area contributed by atoms with Gasteiger partial charge in [-0.2, -0.15) is 0 Å². The fourth-order valence-corrected chi connectivity index (χ4v) is 4.01. The number of rotatable bonds is 2. The first-order chi connectivity index (χ1) is 12.1. The second-order valence-electron chi connectivity index (χ2n) is 6.85. The molecule has 6 heteroatoms. The zero-order chi connectivity index (χ0) is 17.4. The van der Waals surface area contributed by atoms with E-state index in [9.17, 15) is 9.59 Å². The van der Waals surface area contributed by atoms with E-state index in [2.05, 4.69) is 14.9 Å². The van der Waals surface area contributed by atoms with Crippen LogP contribution >= 0.6 is 0 Å². The van der Waals surface area contributed by atoms with Gasteiger partial charge in [0.1, 0.15) is 5.82 Å². The molecule has 0 unspecified atom stereocenters. The largest absolute Gasteiger partial charge is 0.340 e. The summed E-state index contributed by atoms with van der Waals surface area (Å²) in [5, 5.41) is 2.86. The number of nitrogens with zero attached hydrogens (tertiary/aromatic N) is 3. The Bertz CT molecular complexity index is 813. The van der Waals surface area contributed by atoms with Gasteiger partial charge in [0.05, 0.1) is 12.0 Å². The minimum absolute atomic E-state index is 0.0600. The summed E-state index contributed by atoms with van der Waals surface area (Å²) in [5.41, 5.74) is 1.68. The molecule has 6 nitrogen and oxygen atoms in total. The Morgan fingerprint density at radius 3 is 2.96 bits per heavy atom. The van der Waals surface area contributed by atoms with E-state index >= 15 is 0 Å². The van der Waals surface area contributed by atoms with Crippen molar-refractivity contribution in [3.05, 3.63) is 48.0 Å². The summed E-state index contributed by atoms with van der Waals surface area (Å²) >= 11 is 0. The quantitative estimate of drug-likeness (QED) is 0.915. The van der Waals surface area contributed by atoms with Gasteiger partial charge in [0.15, 0.2) is 0 Å². The fraction of sp³-hybridized carbons (Fsp3) is 0.421. The van der Waals surface area contributed by atoms with E-state index in [0.29, 0.717) is 6.54 Å². The molecule has 1 N–H and O–H groups in total. The van der Waals surface area contributed by atoms with Crippen molar-refractivity contribution in [3.8, 4) is 0 Å². The third-order valence-corrected chi connectivity index (χ3v) is 5.26. The van der Waals surface area contributed by atoms with Crippen LogP contribution in [0, 0.1) is 6.92 Å². The Balaban J connectivity index is 1.57. The van der Waals surface area contributed by atoms with Crippen molar-refractivity contribution in [1.82, 2.24) is 14.5 Å². The predicted molar refractivity (Wildman–Crippen MR) is 94.2 cm³/mol. The number of likely N-dealkylation sites (tertiary alicyclic amines) is 1. The van der Waals surface area contributed by atoms with E-state index < -0.39 is 0 Å². The van der Waals surface area contributed by atoms with Gasteiger partial charge in [-0.15, -0.1) is 0 Å². The summed E-state index contributed by atoms with van der Waals surface area (Å²) in [6.07, 6.45) is 6.02. The highest BCUT2D eigenvalue weighted by Crippen LogP contribution is 2.34. The van der Waals surface area contributed by atoms with Gasteiger partial charge in [-0.3, -0.25) is 9.59 Å². The average Bonchev–Trinajstić information content (AvgIpc) is 3.06. The van der Waals surface area contributed by atoms with Crippen LogP contribution in [-0.2, 0) is 9.59 Å². The molecule has 2 aliphatic rings. The molecule has 1 saturated heterocycles. The number of amides is 2. The van der Waals surface area contributed by atoms with Crippen molar-refractivity contribution in [2.24, 2.45) is 0 Å². The molecule has 2 aliphatic heterocycles. The van der Waals surface area contributed by atoms with Crippen LogP contribution in [0.25, 0.3) is 0 Å². The highest BCUT2D eigenvalue weighted by atomic mass is 16.2. The lowest BCUT2D eigenvalue weighted by Gasteiger charge is -2.37. The molecule has 0 bridgehead atoms. The number of carbonyl (C=O) groups excluding carboxylic acids is 2. The number of hydrogen-bond acceptors (Lipinski definition) is 3. The lowest BCUT2D eigenvalue weighted by molar-refractivity contribution is -0.136. The van der Waals surface area contributed by atoms with Crippen molar-refractivity contribution in [1.29, 1.82) is 0 Å². The molecule has 1 aromatic heterocycles. The summed E-state index contributed by atoms with van der Waals surface area (Å²) in [7, 11) is 0. The van der Waals surface area contributed by atoms with Crippen molar-refractivity contribution in [3.63, 3.8) is 0 Å². The molecule has 0 saturated carbocycles. The summed E-state index contributed by atoms with van der Waals surface area (Å²) in [6.45, 7) is 3.42. The maximum Gasteiger partial charge on any atom is 0.230 e. The molecule has 2 amide bonds. The third-order valence-electron chi connectivity index (χ3n) is 5.26. The van der Waals surface area contributed by atoms with Crippen molar-refractivity contribution in [2.75, 3.05) is 18.4 Å². The molecule has 0 spiro atoms. The van der Waals surface area contributed by atoms with Gasteiger partial charge in [-0.25, -0.2) is 4.98 Å². The molecule has 25 heavy (non-hydrogen) atoms. The number of nitrogens with one attached hydrogen (secondary N) is 1. The lowest BCUT2D eigenvalue weighted by Crippen LogP contribution is -2.44. The van der Waals surface area contributed by atoms with Crippen molar-refractivity contribution >= 4 is 17.5 Å². The zero-order valence-corrected chi connectivity index (χ0v) is 14.3. The van der Waals surface area contributed by atoms with Crippen LogP contribution < -0.4 is 5.32 Å². The SMILES string of the molecule is Cc1nccn1[C@H]1CCCN(C(=O)[C@@H]2CC(=O)Nc3ccccc32)C1. The fourth-order valence-electron chi connectivity index (χ4n) is 4.01. The Morgan fingerprint density at radius 2 is 2.16 bits per heavy atom. The van der Waals surface area contributed by atoms with Crippen molar-refractivity contribution < 1.29 is 9.59 Å². The number of anilines is 1. The Kier molecular flexibility index (Phi) is 4.03. The molecule has 0 radical (unpaired) electrons. The number of carbonyl (C=O) groups is 2. The predicted octanol–water partition coefficient (Wildman–Crippen LogP) is 2.48. The summed E-state index contributed by atoms with van der Waals surface area (Å²) in [6, 6.07) is 7.86.